The monoisotopic (exact) mass is 492 g/mol. The van der Waals surface area contributed by atoms with E-state index < -0.39 is 46.9 Å². The second-order valence-electron chi connectivity index (χ2n) is 8.70. The molecule has 1 aliphatic rings. The molecule has 1 aliphatic carbocycles. The molecule has 2 unspecified atom stereocenters. The summed E-state index contributed by atoms with van der Waals surface area (Å²) in [6, 6.07) is 4.22. The Balaban J connectivity index is 1.60. The van der Waals surface area contributed by atoms with Crippen LogP contribution in [0.5, 0.6) is 0 Å². The SMILES string of the molecule is Cc1cc(C)c(C2C(=O)CC(CCNC(=O)NC(=O)c3ccc(F)cc3C(F)(F)F)C2=O)c(C)c1. The van der Waals surface area contributed by atoms with Crippen LogP contribution in [0.3, 0.4) is 0 Å². The van der Waals surface area contributed by atoms with Gasteiger partial charge in [-0.1, -0.05) is 17.7 Å². The second kappa shape index (κ2) is 9.97. The Morgan fingerprint density at radius 2 is 1.66 bits per heavy atom. The zero-order chi connectivity index (χ0) is 26.1. The molecule has 0 aromatic heterocycles. The number of carbonyl (C=O) groups excluding carboxylic acids is 4. The van der Waals surface area contributed by atoms with Crippen LogP contribution in [0.1, 0.15) is 56.9 Å². The van der Waals surface area contributed by atoms with Crippen LogP contribution in [-0.2, 0) is 15.8 Å². The first kappa shape index (κ1) is 26.1. The average molecular weight is 492 g/mol. The topological polar surface area (TPSA) is 92.3 Å². The van der Waals surface area contributed by atoms with E-state index in [9.17, 15) is 36.7 Å². The number of rotatable bonds is 5. The largest absolute Gasteiger partial charge is 0.417 e. The van der Waals surface area contributed by atoms with E-state index >= 15 is 0 Å². The van der Waals surface area contributed by atoms with Gasteiger partial charge in [0, 0.05) is 18.9 Å². The minimum absolute atomic E-state index is 0.0169. The van der Waals surface area contributed by atoms with Gasteiger partial charge in [0.2, 0.25) is 0 Å². The molecule has 0 saturated heterocycles. The molecular formula is C25H24F4N2O4. The number of nitrogens with one attached hydrogen (secondary N) is 2. The van der Waals surface area contributed by atoms with Crippen molar-refractivity contribution in [1.29, 1.82) is 0 Å². The van der Waals surface area contributed by atoms with Gasteiger partial charge in [0.15, 0.2) is 5.78 Å². The predicted octanol–water partition coefficient (Wildman–Crippen LogP) is 4.54. The summed E-state index contributed by atoms with van der Waals surface area (Å²) in [6.45, 7) is 5.53. The number of aryl methyl sites for hydroxylation is 3. The summed E-state index contributed by atoms with van der Waals surface area (Å²) in [6.07, 6.45) is -4.86. The number of halogens is 4. The van der Waals surface area contributed by atoms with E-state index in [2.05, 4.69) is 5.32 Å². The third-order valence-electron chi connectivity index (χ3n) is 6.02. The minimum atomic E-state index is -4.99. The quantitative estimate of drug-likeness (QED) is 0.474. The number of hydrogen-bond donors (Lipinski definition) is 2. The standard InChI is InChI=1S/C25H24F4N2O4/c1-12-8-13(2)20(14(3)9-12)21-19(32)10-15(22(21)33)6-7-30-24(35)31-23(34)17-5-4-16(26)11-18(17)25(27,28)29/h4-5,8-9,11,15,21H,6-7,10H2,1-3H3,(H2,30,31,34,35). The highest BCUT2D eigenvalue weighted by Crippen LogP contribution is 2.37. The lowest BCUT2D eigenvalue weighted by Gasteiger charge is -2.16. The fourth-order valence-corrected chi connectivity index (χ4v) is 4.57. The van der Waals surface area contributed by atoms with Gasteiger partial charge in [0.1, 0.15) is 17.5 Å². The maximum absolute atomic E-state index is 13.2. The van der Waals surface area contributed by atoms with E-state index in [-0.39, 0.29) is 37.0 Å². The van der Waals surface area contributed by atoms with Crippen molar-refractivity contribution >= 4 is 23.5 Å². The van der Waals surface area contributed by atoms with Crippen molar-refractivity contribution in [3.63, 3.8) is 0 Å². The van der Waals surface area contributed by atoms with E-state index in [4.69, 9.17) is 0 Å². The highest BCUT2D eigenvalue weighted by molar-refractivity contribution is 6.15. The molecular weight excluding hydrogens is 468 g/mol. The molecule has 10 heteroatoms. The van der Waals surface area contributed by atoms with Gasteiger partial charge in [0.05, 0.1) is 11.1 Å². The predicted molar refractivity (Wildman–Crippen MR) is 118 cm³/mol. The summed E-state index contributed by atoms with van der Waals surface area (Å²) in [5.74, 6) is -4.47. The molecule has 2 N–H and O–H groups in total. The molecule has 6 nitrogen and oxygen atoms in total. The third kappa shape index (κ3) is 5.75. The maximum Gasteiger partial charge on any atom is 0.417 e. The summed E-state index contributed by atoms with van der Waals surface area (Å²) in [4.78, 5) is 49.8. The van der Waals surface area contributed by atoms with Crippen LogP contribution < -0.4 is 10.6 Å². The fourth-order valence-electron chi connectivity index (χ4n) is 4.57. The van der Waals surface area contributed by atoms with E-state index in [0.717, 1.165) is 16.7 Å². The van der Waals surface area contributed by atoms with Crippen LogP contribution in [0.2, 0.25) is 0 Å². The smallest absolute Gasteiger partial charge is 0.338 e. The number of carbonyl (C=O) groups is 4. The van der Waals surface area contributed by atoms with Crippen LogP contribution in [0.25, 0.3) is 0 Å². The van der Waals surface area contributed by atoms with Gasteiger partial charge in [-0.2, -0.15) is 13.2 Å². The van der Waals surface area contributed by atoms with Crippen LogP contribution in [-0.4, -0.2) is 30.0 Å². The Kier molecular flexibility index (Phi) is 7.42. The Labute approximate surface area is 199 Å². The molecule has 0 heterocycles. The van der Waals surface area contributed by atoms with E-state index in [0.29, 0.717) is 17.7 Å². The Hall–Kier alpha value is -3.56. The van der Waals surface area contributed by atoms with Gasteiger partial charge in [-0.3, -0.25) is 19.7 Å². The van der Waals surface area contributed by atoms with Crippen molar-refractivity contribution < 1.29 is 36.7 Å². The Morgan fingerprint density at radius 1 is 1.03 bits per heavy atom. The van der Waals surface area contributed by atoms with E-state index in [1.807, 2.05) is 32.9 Å². The summed E-state index contributed by atoms with van der Waals surface area (Å²) >= 11 is 0. The first-order chi connectivity index (χ1) is 16.3. The maximum atomic E-state index is 13.2. The van der Waals surface area contributed by atoms with Gasteiger partial charge in [-0.05, 0) is 62.1 Å². The number of imide groups is 1. The lowest BCUT2D eigenvalue weighted by atomic mass is 9.86. The number of hydrogen-bond acceptors (Lipinski definition) is 4. The first-order valence-electron chi connectivity index (χ1n) is 10.9. The molecule has 1 saturated carbocycles. The van der Waals surface area contributed by atoms with Crippen LogP contribution >= 0.6 is 0 Å². The van der Waals surface area contributed by atoms with Gasteiger partial charge >= 0.3 is 12.2 Å². The van der Waals surface area contributed by atoms with Gasteiger partial charge in [0.25, 0.3) is 5.91 Å². The van der Waals surface area contributed by atoms with Gasteiger partial charge < -0.3 is 5.32 Å². The number of Topliss-reactive ketones (excluding diaryl/α,β-unsaturated/α-hetero) is 2. The molecule has 0 spiro atoms. The molecule has 3 amide bonds. The zero-order valence-corrected chi connectivity index (χ0v) is 19.3. The number of urea groups is 1. The molecule has 0 aliphatic heterocycles. The summed E-state index contributed by atoms with van der Waals surface area (Å²) in [7, 11) is 0. The van der Waals surface area contributed by atoms with Crippen molar-refractivity contribution in [3.8, 4) is 0 Å². The van der Waals surface area contributed by atoms with Crippen LogP contribution in [0.15, 0.2) is 30.3 Å². The molecule has 186 valence electrons. The van der Waals surface area contributed by atoms with Crippen molar-refractivity contribution in [3.05, 3.63) is 69.5 Å². The molecule has 3 rings (SSSR count). The lowest BCUT2D eigenvalue weighted by molar-refractivity contribution is -0.138. The van der Waals surface area contributed by atoms with Gasteiger partial charge in [-0.25, -0.2) is 9.18 Å². The third-order valence-corrected chi connectivity index (χ3v) is 6.02. The van der Waals surface area contributed by atoms with Gasteiger partial charge in [-0.15, -0.1) is 0 Å². The number of ketones is 2. The van der Waals surface area contributed by atoms with Crippen molar-refractivity contribution in [2.45, 2.75) is 45.7 Å². The minimum Gasteiger partial charge on any atom is -0.338 e. The second-order valence-corrected chi connectivity index (χ2v) is 8.70. The molecule has 2 aromatic carbocycles. The highest BCUT2D eigenvalue weighted by Gasteiger charge is 2.43. The summed E-state index contributed by atoms with van der Waals surface area (Å²) in [5.41, 5.74) is 1.01. The molecule has 0 radical (unpaired) electrons. The normalized spacial score (nSPS) is 18.0. The summed E-state index contributed by atoms with van der Waals surface area (Å²) < 4.78 is 52.5. The average Bonchev–Trinajstić information content (AvgIpc) is 3.00. The number of amides is 3. The van der Waals surface area contributed by atoms with Crippen molar-refractivity contribution in [1.82, 2.24) is 10.6 Å². The molecule has 35 heavy (non-hydrogen) atoms. The number of alkyl halides is 3. The molecule has 0 bridgehead atoms. The Bertz CT molecular complexity index is 1180. The highest BCUT2D eigenvalue weighted by atomic mass is 19.4. The molecule has 2 aromatic rings. The van der Waals surface area contributed by atoms with Crippen molar-refractivity contribution in [2.75, 3.05) is 6.54 Å². The molecule has 1 fully saturated rings. The molecule has 2 atom stereocenters. The number of benzene rings is 2. The first-order valence-corrected chi connectivity index (χ1v) is 10.9. The fraction of sp³-hybridized carbons (Fsp3) is 0.360. The van der Waals surface area contributed by atoms with E-state index in [1.165, 1.54) is 0 Å². The lowest BCUT2D eigenvalue weighted by Crippen LogP contribution is -2.41. The summed E-state index contributed by atoms with van der Waals surface area (Å²) in [5, 5.41) is 4.08. The van der Waals surface area contributed by atoms with Crippen LogP contribution in [0, 0.1) is 32.5 Å². The van der Waals surface area contributed by atoms with E-state index in [1.54, 1.807) is 5.32 Å². The van der Waals surface area contributed by atoms with Crippen LogP contribution in [0.4, 0.5) is 22.4 Å². The Morgan fingerprint density at radius 3 is 2.26 bits per heavy atom. The zero-order valence-electron chi connectivity index (χ0n) is 19.3. The van der Waals surface area contributed by atoms with Crippen molar-refractivity contribution in [2.24, 2.45) is 5.92 Å².